The number of nitrogens with one attached hydrogen (secondary N) is 1. The van der Waals surface area contributed by atoms with E-state index in [2.05, 4.69) is 4.72 Å². The van der Waals surface area contributed by atoms with Gasteiger partial charge < -0.3 is 4.74 Å². The van der Waals surface area contributed by atoms with Crippen molar-refractivity contribution in [3.63, 3.8) is 0 Å². The standard InChI is InChI=1S/C19H19NO3S2/c1-14-5-7-15(8-6-14)19(18-4-3-13-24-18)20-25(21,22)17-11-9-16(23-2)10-12-17/h3-13,19-20H,1-2H3/t19-/m1/s1. The molecule has 0 radical (unpaired) electrons. The van der Waals surface area contributed by atoms with Crippen molar-refractivity contribution in [3.8, 4) is 5.75 Å². The molecule has 130 valence electrons. The lowest BCUT2D eigenvalue weighted by Crippen LogP contribution is -2.29. The highest BCUT2D eigenvalue weighted by molar-refractivity contribution is 7.89. The predicted molar refractivity (Wildman–Crippen MR) is 101 cm³/mol. The van der Waals surface area contributed by atoms with E-state index in [0.717, 1.165) is 16.0 Å². The molecule has 1 atom stereocenters. The van der Waals surface area contributed by atoms with Crippen LogP contribution in [0.5, 0.6) is 5.75 Å². The number of methoxy groups -OCH3 is 1. The van der Waals surface area contributed by atoms with Gasteiger partial charge in [-0.15, -0.1) is 11.3 Å². The van der Waals surface area contributed by atoms with Gasteiger partial charge in [-0.2, -0.15) is 4.72 Å². The summed E-state index contributed by atoms with van der Waals surface area (Å²) in [5, 5.41) is 1.94. The molecule has 25 heavy (non-hydrogen) atoms. The second kappa shape index (κ2) is 7.39. The van der Waals surface area contributed by atoms with E-state index < -0.39 is 16.1 Å². The number of thiophene rings is 1. The summed E-state index contributed by atoms with van der Waals surface area (Å²) in [5.74, 6) is 0.618. The van der Waals surface area contributed by atoms with Gasteiger partial charge in [-0.05, 0) is 48.2 Å². The minimum Gasteiger partial charge on any atom is -0.497 e. The van der Waals surface area contributed by atoms with Crippen molar-refractivity contribution in [2.45, 2.75) is 17.9 Å². The Hall–Kier alpha value is -2.15. The summed E-state index contributed by atoms with van der Waals surface area (Å²) < 4.78 is 33.6. The largest absolute Gasteiger partial charge is 0.497 e. The van der Waals surface area contributed by atoms with Gasteiger partial charge in [-0.1, -0.05) is 35.9 Å². The van der Waals surface area contributed by atoms with Crippen LogP contribution in [0.2, 0.25) is 0 Å². The fourth-order valence-electron chi connectivity index (χ4n) is 2.48. The molecule has 1 aromatic heterocycles. The zero-order chi connectivity index (χ0) is 17.9. The van der Waals surface area contributed by atoms with Crippen LogP contribution in [0.1, 0.15) is 22.0 Å². The van der Waals surface area contributed by atoms with Crippen LogP contribution in [-0.2, 0) is 10.0 Å². The number of hydrogen-bond acceptors (Lipinski definition) is 4. The SMILES string of the molecule is COc1ccc(S(=O)(=O)N[C@H](c2ccc(C)cc2)c2cccs2)cc1. The van der Waals surface area contributed by atoms with Crippen LogP contribution in [0, 0.1) is 6.92 Å². The van der Waals surface area contributed by atoms with Crippen LogP contribution in [0.3, 0.4) is 0 Å². The number of hydrogen-bond donors (Lipinski definition) is 1. The van der Waals surface area contributed by atoms with E-state index in [1.54, 1.807) is 31.4 Å². The third kappa shape index (κ3) is 4.10. The van der Waals surface area contributed by atoms with E-state index in [4.69, 9.17) is 4.74 Å². The molecule has 0 aliphatic heterocycles. The fourth-order valence-corrected chi connectivity index (χ4v) is 4.56. The van der Waals surface area contributed by atoms with Crippen molar-refractivity contribution in [3.05, 3.63) is 82.0 Å². The molecule has 4 nitrogen and oxygen atoms in total. The molecule has 3 aromatic rings. The van der Waals surface area contributed by atoms with Gasteiger partial charge in [-0.3, -0.25) is 0 Å². The van der Waals surface area contributed by atoms with E-state index in [1.807, 2.05) is 48.7 Å². The maximum atomic E-state index is 12.8. The zero-order valence-corrected chi connectivity index (χ0v) is 15.6. The molecular weight excluding hydrogens is 354 g/mol. The highest BCUT2D eigenvalue weighted by Crippen LogP contribution is 2.28. The van der Waals surface area contributed by atoms with E-state index >= 15 is 0 Å². The van der Waals surface area contributed by atoms with E-state index in [0.29, 0.717) is 5.75 Å². The molecule has 3 rings (SSSR count). The molecule has 1 N–H and O–H groups in total. The molecule has 0 bridgehead atoms. The molecule has 0 saturated heterocycles. The summed E-state index contributed by atoms with van der Waals surface area (Å²) in [4.78, 5) is 1.16. The van der Waals surface area contributed by atoms with Gasteiger partial charge in [0.25, 0.3) is 0 Å². The molecule has 2 aromatic carbocycles. The third-order valence-corrected chi connectivity index (χ3v) is 6.26. The Morgan fingerprint density at radius 3 is 2.24 bits per heavy atom. The predicted octanol–water partition coefficient (Wildman–Crippen LogP) is 4.13. The average Bonchev–Trinajstić information content (AvgIpc) is 3.15. The topological polar surface area (TPSA) is 55.4 Å². The maximum absolute atomic E-state index is 12.8. The van der Waals surface area contributed by atoms with Crippen molar-refractivity contribution in [2.24, 2.45) is 0 Å². The first kappa shape index (κ1) is 17.7. The Morgan fingerprint density at radius 1 is 1.00 bits per heavy atom. The quantitative estimate of drug-likeness (QED) is 0.707. The summed E-state index contributed by atoms with van der Waals surface area (Å²) >= 11 is 1.53. The first-order chi connectivity index (χ1) is 12.0. The Balaban J connectivity index is 1.95. The lowest BCUT2D eigenvalue weighted by Gasteiger charge is -2.18. The van der Waals surface area contributed by atoms with Gasteiger partial charge in [0.1, 0.15) is 5.75 Å². The minimum absolute atomic E-state index is 0.210. The summed E-state index contributed by atoms with van der Waals surface area (Å²) in [6.45, 7) is 2.01. The first-order valence-electron chi connectivity index (χ1n) is 7.76. The number of aryl methyl sites for hydroxylation is 1. The Kier molecular flexibility index (Phi) is 5.22. The summed E-state index contributed by atoms with van der Waals surface area (Å²) in [6.07, 6.45) is 0. The fraction of sp³-hybridized carbons (Fsp3) is 0.158. The van der Waals surface area contributed by atoms with Crippen LogP contribution >= 0.6 is 11.3 Å². The van der Waals surface area contributed by atoms with Crippen molar-refractivity contribution < 1.29 is 13.2 Å². The molecular formula is C19H19NO3S2. The Bertz CT molecular complexity index is 916. The van der Waals surface area contributed by atoms with Gasteiger partial charge in [0.05, 0.1) is 18.0 Å². The molecule has 0 amide bonds. The van der Waals surface area contributed by atoms with Crippen LogP contribution in [0.4, 0.5) is 0 Å². The molecule has 0 spiro atoms. The van der Waals surface area contributed by atoms with Crippen LogP contribution in [0.25, 0.3) is 0 Å². The zero-order valence-electron chi connectivity index (χ0n) is 14.0. The molecule has 0 fully saturated rings. The lowest BCUT2D eigenvalue weighted by molar-refractivity contribution is 0.414. The van der Waals surface area contributed by atoms with Crippen molar-refractivity contribution in [2.75, 3.05) is 7.11 Å². The van der Waals surface area contributed by atoms with Crippen LogP contribution in [-0.4, -0.2) is 15.5 Å². The van der Waals surface area contributed by atoms with E-state index in [-0.39, 0.29) is 4.90 Å². The van der Waals surface area contributed by atoms with Gasteiger partial charge in [0, 0.05) is 4.88 Å². The molecule has 0 saturated carbocycles. The molecule has 0 aliphatic rings. The lowest BCUT2D eigenvalue weighted by atomic mass is 10.0. The van der Waals surface area contributed by atoms with Gasteiger partial charge in [0.2, 0.25) is 10.0 Å². The second-order valence-electron chi connectivity index (χ2n) is 5.66. The van der Waals surface area contributed by atoms with Crippen LogP contribution < -0.4 is 9.46 Å². The smallest absolute Gasteiger partial charge is 0.241 e. The van der Waals surface area contributed by atoms with Gasteiger partial charge >= 0.3 is 0 Å². The Morgan fingerprint density at radius 2 is 1.68 bits per heavy atom. The third-order valence-electron chi connectivity index (χ3n) is 3.88. The van der Waals surface area contributed by atoms with Crippen LogP contribution in [0.15, 0.2) is 70.9 Å². The number of rotatable bonds is 6. The van der Waals surface area contributed by atoms with E-state index in [1.165, 1.54) is 11.3 Å². The van der Waals surface area contributed by atoms with Crippen molar-refractivity contribution in [1.29, 1.82) is 0 Å². The second-order valence-corrected chi connectivity index (χ2v) is 8.35. The minimum atomic E-state index is -3.67. The van der Waals surface area contributed by atoms with E-state index in [9.17, 15) is 8.42 Å². The summed E-state index contributed by atoms with van der Waals surface area (Å²) in [6, 6.07) is 17.7. The van der Waals surface area contributed by atoms with Crippen molar-refractivity contribution >= 4 is 21.4 Å². The normalized spacial score (nSPS) is 12.7. The highest BCUT2D eigenvalue weighted by Gasteiger charge is 2.23. The number of ether oxygens (including phenoxy) is 1. The van der Waals surface area contributed by atoms with Gasteiger partial charge in [0.15, 0.2) is 0 Å². The first-order valence-corrected chi connectivity index (χ1v) is 10.1. The van der Waals surface area contributed by atoms with Crippen molar-refractivity contribution in [1.82, 2.24) is 4.72 Å². The number of benzene rings is 2. The monoisotopic (exact) mass is 373 g/mol. The molecule has 1 heterocycles. The number of sulfonamides is 1. The summed E-state index contributed by atoms with van der Waals surface area (Å²) in [7, 11) is -2.12. The molecule has 0 unspecified atom stereocenters. The average molecular weight is 373 g/mol. The molecule has 0 aliphatic carbocycles. The highest BCUT2D eigenvalue weighted by atomic mass is 32.2. The summed E-state index contributed by atoms with van der Waals surface area (Å²) in [5.41, 5.74) is 2.04. The Labute approximate surface area is 152 Å². The maximum Gasteiger partial charge on any atom is 0.241 e. The van der Waals surface area contributed by atoms with Gasteiger partial charge in [-0.25, -0.2) is 8.42 Å². The molecule has 6 heteroatoms.